The summed E-state index contributed by atoms with van der Waals surface area (Å²) in [6, 6.07) is 0. The van der Waals surface area contributed by atoms with Gasteiger partial charge in [-0.1, -0.05) is 160 Å². The van der Waals surface area contributed by atoms with Gasteiger partial charge < -0.3 is 20.4 Å². The fourth-order valence-corrected chi connectivity index (χ4v) is 3.20. The molecule has 4 nitrogen and oxygen atoms in total. The molecule has 0 aromatic heterocycles. The summed E-state index contributed by atoms with van der Waals surface area (Å²) >= 11 is 0. The minimum atomic E-state index is -0.356. The second-order valence-corrected chi connectivity index (χ2v) is 12.2. The van der Waals surface area contributed by atoms with Crippen LogP contribution >= 0.6 is 0 Å². The van der Waals surface area contributed by atoms with E-state index in [1.54, 1.807) is 0 Å². The van der Waals surface area contributed by atoms with Crippen molar-refractivity contribution in [2.24, 2.45) is 47.3 Å². The van der Waals surface area contributed by atoms with Crippen molar-refractivity contribution in [1.29, 1.82) is 0 Å². The van der Waals surface area contributed by atoms with Crippen molar-refractivity contribution in [2.75, 3.05) is 0 Å². The summed E-state index contributed by atoms with van der Waals surface area (Å²) in [4.78, 5) is 0. The number of hydrogen-bond acceptors (Lipinski definition) is 4. The first-order chi connectivity index (χ1) is 16.4. The predicted octanol–water partition coefficient (Wildman–Crippen LogP) is 5.67. The van der Waals surface area contributed by atoms with Crippen LogP contribution in [0, 0.1) is 47.3 Å². The van der Waals surface area contributed by atoms with Crippen LogP contribution < -0.4 is 20.4 Å². The molecule has 8 atom stereocenters. The molecule has 0 heterocycles. The van der Waals surface area contributed by atoms with E-state index in [9.17, 15) is 20.4 Å². The topological polar surface area (TPSA) is 92.2 Å². The Kier molecular flexibility index (Phi) is 36.0. The molecule has 37 heavy (non-hydrogen) atoms. The molecule has 0 aliphatic heterocycles. The number of hydrogen-bond donors (Lipinski definition) is 0. The Labute approximate surface area is 249 Å². The number of rotatable bonds is 12. The Morgan fingerprint density at radius 3 is 0.459 bits per heavy atom. The van der Waals surface area contributed by atoms with Crippen LogP contribution in [0.3, 0.4) is 0 Å². The Hall–Kier alpha value is 0.554. The van der Waals surface area contributed by atoms with Crippen molar-refractivity contribution in [3.8, 4) is 0 Å². The van der Waals surface area contributed by atoms with Gasteiger partial charge in [-0.25, -0.2) is 0 Å². The van der Waals surface area contributed by atoms with Crippen LogP contribution in [0.1, 0.15) is 136 Å². The smallest absolute Gasteiger partial charge is 0.852 e. The molecule has 0 N–H and O–H groups in total. The first-order valence-electron chi connectivity index (χ1n) is 15.0. The zero-order valence-electron chi connectivity index (χ0n) is 27.9. The first kappa shape index (κ1) is 47.3. The second-order valence-electron chi connectivity index (χ2n) is 12.2. The van der Waals surface area contributed by atoms with Gasteiger partial charge in [0.15, 0.2) is 0 Å². The van der Waals surface area contributed by atoms with E-state index < -0.39 is 0 Å². The molecule has 0 saturated heterocycles. The van der Waals surface area contributed by atoms with E-state index in [4.69, 9.17) is 0 Å². The largest absolute Gasteiger partial charge is 4.00 e. The fraction of sp³-hybridized carbons (Fsp3) is 1.00. The van der Waals surface area contributed by atoms with Crippen molar-refractivity contribution < 1.29 is 42.1 Å². The van der Waals surface area contributed by atoms with Gasteiger partial charge in [0.05, 0.1) is 0 Å². The molecule has 0 aliphatic rings. The molecule has 0 saturated carbocycles. The molecule has 5 heteroatoms. The van der Waals surface area contributed by atoms with Gasteiger partial charge in [0, 0.05) is 0 Å². The maximum absolute atomic E-state index is 11.0. The van der Waals surface area contributed by atoms with E-state index in [1.165, 1.54) is 0 Å². The normalized spacial score (nSPS) is 17.5. The van der Waals surface area contributed by atoms with Gasteiger partial charge in [0.1, 0.15) is 0 Å². The summed E-state index contributed by atoms with van der Waals surface area (Å²) in [7, 11) is 0. The molecule has 0 bridgehead atoms. The average Bonchev–Trinajstić information content (AvgIpc) is 2.85. The minimum Gasteiger partial charge on any atom is -0.852 e. The minimum absolute atomic E-state index is 0. The first-order valence-corrected chi connectivity index (χ1v) is 15.0. The molecule has 0 aliphatic carbocycles. The van der Waals surface area contributed by atoms with Gasteiger partial charge in [-0.2, -0.15) is 0 Å². The van der Waals surface area contributed by atoms with Crippen LogP contribution in [0.5, 0.6) is 0 Å². The van der Waals surface area contributed by atoms with Gasteiger partial charge in [-0.3, -0.25) is 0 Å². The standard InChI is InChI=1S/4C8H17O.Ti/c4*1-5-8(9)7(4)6(2)3;/h4*6-8H,5H2,1-4H3;/q4*-1;+4. The molecule has 0 fully saturated rings. The molecule has 0 radical (unpaired) electrons. The Morgan fingerprint density at radius 1 is 0.324 bits per heavy atom. The van der Waals surface area contributed by atoms with Crippen LogP contribution in [0.15, 0.2) is 0 Å². The molecule has 8 unspecified atom stereocenters. The van der Waals surface area contributed by atoms with Crippen LogP contribution in [0.4, 0.5) is 0 Å². The van der Waals surface area contributed by atoms with Gasteiger partial charge in [-0.15, -0.1) is 24.4 Å². The van der Waals surface area contributed by atoms with Gasteiger partial charge in [-0.05, 0) is 23.7 Å². The maximum atomic E-state index is 11.0. The van der Waals surface area contributed by atoms with E-state index in [1.807, 2.05) is 55.4 Å². The van der Waals surface area contributed by atoms with E-state index in [-0.39, 0.29) is 46.1 Å². The molecule has 0 spiro atoms. The second kappa shape index (κ2) is 28.1. The van der Waals surface area contributed by atoms with Crippen LogP contribution in [0.25, 0.3) is 0 Å². The molecule has 224 valence electrons. The van der Waals surface area contributed by atoms with Crippen LogP contribution in [-0.4, -0.2) is 24.4 Å². The van der Waals surface area contributed by atoms with Crippen LogP contribution in [-0.2, 0) is 21.7 Å². The molecular formula is C32H68O4Ti. The van der Waals surface area contributed by atoms with E-state index >= 15 is 0 Å². The van der Waals surface area contributed by atoms with Gasteiger partial charge >= 0.3 is 21.7 Å². The third-order valence-electron chi connectivity index (χ3n) is 8.16. The molecular weight excluding hydrogens is 496 g/mol. The molecule has 0 rings (SSSR count). The van der Waals surface area contributed by atoms with E-state index in [0.29, 0.717) is 47.3 Å². The van der Waals surface area contributed by atoms with Gasteiger partial charge in [0.25, 0.3) is 0 Å². The fourth-order valence-electron chi connectivity index (χ4n) is 3.20. The molecule has 0 amide bonds. The van der Waals surface area contributed by atoms with Crippen molar-refractivity contribution in [3.63, 3.8) is 0 Å². The van der Waals surface area contributed by atoms with Crippen molar-refractivity contribution in [3.05, 3.63) is 0 Å². The Balaban J connectivity index is -0.000000122. The molecule has 0 aromatic carbocycles. The average molecular weight is 565 g/mol. The van der Waals surface area contributed by atoms with E-state index in [0.717, 1.165) is 25.7 Å². The summed E-state index contributed by atoms with van der Waals surface area (Å²) in [5, 5.41) is 44.1. The third-order valence-corrected chi connectivity index (χ3v) is 8.16. The summed E-state index contributed by atoms with van der Waals surface area (Å²) < 4.78 is 0. The van der Waals surface area contributed by atoms with E-state index in [2.05, 4.69) is 55.4 Å². The van der Waals surface area contributed by atoms with Crippen molar-refractivity contribution in [2.45, 2.75) is 161 Å². The SMILES string of the molecule is CCC([O-])C(C)C(C)C.CCC([O-])C(C)C(C)C.CCC([O-])C(C)C(C)C.CCC([O-])C(C)C(C)C.[Ti+4]. The zero-order chi connectivity index (χ0) is 29.8. The predicted molar refractivity (Wildman–Crippen MR) is 152 cm³/mol. The summed E-state index contributed by atoms with van der Waals surface area (Å²) in [5.74, 6) is 3.45. The zero-order valence-corrected chi connectivity index (χ0v) is 29.5. The van der Waals surface area contributed by atoms with Crippen molar-refractivity contribution >= 4 is 0 Å². The summed E-state index contributed by atoms with van der Waals surface area (Å²) in [5.41, 5.74) is 0. The van der Waals surface area contributed by atoms with Crippen LogP contribution in [0.2, 0.25) is 0 Å². The van der Waals surface area contributed by atoms with Gasteiger partial charge in [0.2, 0.25) is 0 Å². The Bertz CT molecular complexity index is 363. The summed E-state index contributed by atoms with van der Waals surface area (Å²) in [6.07, 6.45) is 1.63. The molecule has 0 aromatic rings. The van der Waals surface area contributed by atoms with Crippen molar-refractivity contribution in [1.82, 2.24) is 0 Å². The monoisotopic (exact) mass is 564 g/mol. The quantitative estimate of drug-likeness (QED) is 0.286. The summed E-state index contributed by atoms with van der Waals surface area (Å²) in [6.45, 7) is 32.8. The maximum Gasteiger partial charge on any atom is 4.00 e. The Morgan fingerprint density at radius 2 is 0.432 bits per heavy atom. The third kappa shape index (κ3) is 26.5.